The average Bonchev–Trinajstić information content (AvgIpc) is 3.06. The Morgan fingerprint density at radius 2 is 1.43 bits per heavy atom. The van der Waals surface area contributed by atoms with Crippen LogP contribution in [0.15, 0.2) is 39.5 Å². The number of aliphatic carboxylic acids is 1. The van der Waals surface area contributed by atoms with Crippen molar-refractivity contribution in [2.75, 3.05) is 20.8 Å². The van der Waals surface area contributed by atoms with Crippen molar-refractivity contribution >= 4 is 16.9 Å². The van der Waals surface area contributed by atoms with Gasteiger partial charge >= 0.3 is 5.97 Å². The highest BCUT2D eigenvalue weighted by molar-refractivity contribution is 5.88. The van der Waals surface area contributed by atoms with Gasteiger partial charge in [0.2, 0.25) is 23.8 Å². The van der Waals surface area contributed by atoms with E-state index in [2.05, 4.69) is 0 Å². The van der Waals surface area contributed by atoms with E-state index in [4.69, 9.17) is 32.8 Å². The van der Waals surface area contributed by atoms with Gasteiger partial charge in [0.15, 0.2) is 23.4 Å². The second-order valence-corrected chi connectivity index (χ2v) is 10.6. The van der Waals surface area contributed by atoms with Gasteiger partial charge in [0.1, 0.15) is 65.2 Å². The highest BCUT2D eigenvalue weighted by atomic mass is 16.7. The molecule has 2 saturated heterocycles. The van der Waals surface area contributed by atoms with Crippen LogP contribution in [0.1, 0.15) is 0 Å². The molecule has 256 valence electrons. The lowest BCUT2D eigenvalue weighted by Crippen LogP contribution is -2.61. The van der Waals surface area contributed by atoms with E-state index in [-0.39, 0.29) is 28.4 Å². The van der Waals surface area contributed by atoms with Gasteiger partial charge in [-0.1, -0.05) is 0 Å². The van der Waals surface area contributed by atoms with Crippen LogP contribution < -0.4 is 24.4 Å². The van der Waals surface area contributed by atoms with E-state index in [0.717, 1.165) is 12.1 Å². The molecule has 0 bridgehead atoms. The first kappa shape index (κ1) is 34.1. The zero-order valence-corrected chi connectivity index (χ0v) is 24.6. The summed E-state index contributed by atoms with van der Waals surface area (Å²) in [6, 6.07) is 6.37. The lowest BCUT2D eigenvalue weighted by Gasteiger charge is -2.39. The largest absolute Gasteiger partial charge is 0.502 e. The third-order valence-corrected chi connectivity index (χ3v) is 7.71. The number of aliphatic hydroxyl groups is 7. The van der Waals surface area contributed by atoms with Crippen LogP contribution in [0, 0.1) is 0 Å². The number of hydrogen-bond acceptors (Lipinski definition) is 17. The Morgan fingerprint density at radius 3 is 2.04 bits per heavy atom. The third-order valence-electron chi connectivity index (χ3n) is 7.71. The number of aromatic hydroxyl groups is 1. The molecule has 3 heterocycles. The quantitative estimate of drug-likeness (QED) is 0.115. The summed E-state index contributed by atoms with van der Waals surface area (Å²) in [4.78, 5) is 25.2. The number of hydrogen-bond donors (Lipinski definition) is 9. The molecular weight excluding hydrogens is 636 g/mol. The number of rotatable bonds is 9. The van der Waals surface area contributed by atoms with E-state index in [1.54, 1.807) is 0 Å². The van der Waals surface area contributed by atoms with Crippen molar-refractivity contribution in [1.29, 1.82) is 0 Å². The first-order valence-electron chi connectivity index (χ1n) is 13.9. The summed E-state index contributed by atoms with van der Waals surface area (Å²) in [6.07, 6.45) is -18.7. The highest BCUT2D eigenvalue weighted by Gasteiger charge is 2.48. The Bertz CT molecular complexity index is 1670. The average molecular weight is 669 g/mol. The van der Waals surface area contributed by atoms with Gasteiger partial charge < -0.3 is 78.8 Å². The first-order valence-corrected chi connectivity index (χ1v) is 13.9. The maximum Gasteiger partial charge on any atom is 0.335 e. The highest BCUT2D eigenvalue weighted by Crippen LogP contribution is 2.40. The molecular formula is C29H32O18. The molecule has 2 aromatic carbocycles. The zero-order chi connectivity index (χ0) is 34.3. The number of benzene rings is 2. The van der Waals surface area contributed by atoms with Crippen LogP contribution in [0.4, 0.5) is 0 Å². The van der Waals surface area contributed by atoms with Crippen molar-refractivity contribution in [1.82, 2.24) is 0 Å². The summed E-state index contributed by atoms with van der Waals surface area (Å²) in [7, 11) is 2.76. The van der Waals surface area contributed by atoms with E-state index < -0.39 is 96.3 Å². The third kappa shape index (κ3) is 6.25. The number of aliphatic hydroxyl groups excluding tert-OH is 7. The maximum atomic E-state index is 13.6. The van der Waals surface area contributed by atoms with Crippen LogP contribution >= 0.6 is 0 Å². The fraction of sp³-hybridized carbons (Fsp3) is 0.448. The van der Waals surface area contributed by atoms with Crippen molar-refractivity contribution in [3.05, 3.63) is 40.6 Å². The van der Waals surface area contributed by atoms with Crippen molar-refractivity contribution in [2.24, 2.45) is 0 Å². The molecule has 2 aliphatic heterocycles. The fourth-order valence-corrected chi connectivity index (χ4v) is 5.16. The Labute approximate surface area is 263 Å². The first-order chi connectivity index (χ1) is 22.3. The SMILES string of the molecule is COc1ccc(-c2oc3cc(O[C@@H]4OC(C(=O)O)[C@@H](O)[C@H](O)C4O)cc(O[C@@H]4OC(CO)[C@@H](O)[C@H](O)C4O)c3c(=O)c2O)cc1OC. The molecule has 5 rings (SSSR count). The van der Waals surface area contributed by atoms with Gasteiger partial charge in [-0.3, -0.25) is 4.79 Å². The molecule has 0 saturated carbocycles. The van der Waals surface area contributed by atoms with E-state index in [0.29, 0.717) is 5.75 Å². The van der Waals surface area contributed by atoms with Gasteiger partial charge in [0, 0.05) is 17.7 Å². The molecule has 10 atom stereocenters. The van der Waals surface area contributed by atoms with Gasteiger partial charge in [-0.2, -0.15) is 0 Å². The van der Waals surface area contributed by atoms with Crippen LogP contribution in [0.2, 0.25) is 0 Å². The van der Waals surface area contributed by atoms with E-state index in [1.807, 2.05) is 0 Å². The molecule has 18 heteroatoms. The van der Waals surface area contributed by atoms with Gasteiger partial charge in [0.25, 0.3) is 0 Å². The van der Waals surface area contributed by atoms with Gasteiger partial charge in [-0.15, -0.1) is 0 Å². The normalized spacial score (nSPS) is 30.9. The molecule has 9 N–H and O–H groups in total. The summed E-state index contributed by atoms with van der Waals surface area (Å²) in [5.41, 5.74) is -1.27. The molecule has 2 fully saturated rings. The minimum absolute atomic E-state index is 0.148. The Hall–Kier alpha value is -4.24. The number of ether oxygens (including phenoxy) is 6. The van der Waals surface area contributed by atoms with Crippen LogP contribution in [-0.4, -0.2) is 134 Å². The van der Waals surface area contributed by atoms with Crippen LogP contribution in [-0.2, 0) is 14.3 Å². The summed E-state index contributed by atoms with van der Waals surface area (Å²) in [5.74, 6) is -3.28. The lowest BCUT2D eigenvalue weighted by atomic mass is 9.99. The van der Waals surface area contributed by atoms with E-state index in [1.165, 1.54) is 32.4 Å². The molecule has 3 aromatic rings. The van der Waals surface area contributed by atoms with Gasteiger partial charge in [-0.05, 0) is 18.2 Å². The standard InChI is InChI=1S/C29H32O18/c1-41-11-4-3-9(5-12(11)42-2)25-21(35)18(32)16-13(44-25)6-10(43-28-24(38)20(34)22(36)26(47-28)27(39)40)7-14(16)45-29-23(37)19(33)17(31)15(8-30)46-29/h3-7,15,17,19-20,22-24,26,28-31,33-38H,8H2,1-2H3,(H,39,40)/t15?,17-,19+,20+,22+,23?,24?,26?,28-,29-/m1/s1. The number of fused-ring (bicyclic) bond motifs is 1. The van der Waals surface area contributed by atoms with E-state index in [9.17, 15) is 55.5 Å². The minimum Gasteiger partial charge on any atom is -0.502 e. The van der Waals surface area contributed by atoms with Crippen molar-refractivity contribution in [3.63, 3.8) is 0 Å². The zero-order valence-electron chi connectivity index (χ0n) is 24.6. The summed E-state index contributed by atoms with van der Waals surface area (Å²) in [6.45, 7) is -0.803. The molecule has 1 aromatic heterocycles. The number of methoxy groups -OCH3 is 2. The monoisotopic (exact) mass is 668 g/mol. The summed E-state index contributed by atoms with van der Waals surface area (Å²) < 4.78 is 38.3. The Morgan fingerprint density at radius 1 is 0.787 bits per heavy atom. The van der Waals surface area contributed by atoms with Gasteiger partial charge in [0.05, 0.1) is 20.8 Å². The molecule has 4 unspecified atom stereocenters. The molecule has 47 heavy (non-hydrogen) atoms. The second kappa shape index (κ2) is 13.5. The molecule has 18 nitrogen and oxygen atoms in total. The molecule has 0 spiro atoms. The van der Waals surface area contributed by atoms with Crippen LogP contribution in [0.5, 0.6) is 28.7 Å². The molecule has 2 aliphatic rings. The van der Waals surface area contributed by atoms with Crippen molar-refractivity contribution < 1.29 is 83.6 Å². The molecule has 0 aliphatic carbocycles. The Balaban J connectivity index is 1.64. The number of carboxylic acids is 1. The number of carboxylic acid groups (broad SMARTS) is 1. The van der Waals surface area contributed by atoms with Crippen LogP contribution in [0.25, 0.3) is 22.3 Å². The van der Waals surface area contributed by atoms with Gasteiger partial charge in [-0.25, -0.2) is 4.79 Å². The second-order valence-electron chi connectivity index (χ2n) is 10.6. The van der Waals surface area contributed by atoms with E-state index >= 15 is 0 Å². The maximum absolute atomic E-state index is 13.6. The molecule has 0 radical (unpaired) electrons. The van der Waals surface area contributed by atoms with Crippen LogP contribution in [0.3, 0.4) is 0 Å². The summed E-state index contributed by atoms with van der Waals surface area (Å²) >= 11 is 0. The predicted molar refractivity (Wildman–Crippen MR) is 152 cm³/mol. The predicted octanol–water partition coefficient (Wildman–Crippen LogP) is -2.37. The Kier molecular flexibility index (Phi) is 9.78. The molecule has 0 amide bonds. The minimum atomic E-state index is -2.02. The van der Waals surface area contributed by atoms with Crippen molar-refractivity contribution in [2.45, 2.75) is 61.4 Å². The topological polar surface area (TPSA) is 285 Å². The number of carbonyl (C=O) groups is 1. The van der Waals surface area contributed by atoms with Crippen molar-refractivity contribution in [3.8, 4) is 40.1 Å². The smallest absolute Gasteiger partial charge is 0.335 e. The summed E-state index contributed by atoms with van der Waals surface area (Å²) in [5, 5.41) is 91.2. The fourth-order valence-electron chi connectivity index (χ4n) is 5.16. The lowest BCUT2D eigenvalue weighted by molar-refractivity contribution is -0.277.